The predicted octanol–water partition coefficient (Wildman–Crippen LogP) is 1.05. The van der Waals surface area contributed by atoms with Gasteiger partial charge in [-0.05, 0) is 30.8 Å². The van der Waals surface area contributed by atoms with E-state index in [-0.39, 0.29) is 17.6 Å². The van der Waals surface area contributed by atoms with Crippen LogP contribution in [0.4, 0.5) is 0 Å². The average Bonchev–Trinajstić information content (AvgIpc) is 3.13. The van der Waals surface area contributed by atoms with Crippen molar-refractivity contribution in [3.05, 3.63) is 66.0 Å². The molecule has 1 aliphatic rings. The Labute approximate surface area is 162 Å². The van der Waals surface area contributed by atoms with E-state index in [9.17, 15) is 9.59 Å². The van der Waals surface area contributed by atoms with Crippen molar-refractivity contribution in [3.63, 3.8) is 0 Å². The second-order valence-electron chi connectivity index (χ2n) is 6.88. The van der Waals surface area contributed by atoms with Gasteiger partial charge in [0.1, 0.15) is 0 Å². The zero-order valence-corrected chi connectivity index (χ0v) is 15.7. The number of hydrogen-bond donors (Lipinski definition) is 1. The summed E-state index contributed by atoms with van der Waals surface area (Å²) in [6, 6.07) is 9.18. The van der Waals surface area contributed by atoms with Crippen LogP contribution in [0.3, 0.4) is 0 Å². The molecule has 1 aliphatic heterocycles. The highest BCUT2D eigenvalue weighted by Crippen LogP contribution is 2.16. The fraction of sp³-hybridized carbons (Fsp3) is 0.300. The van der Waals surface area contributed by atoms with Crippen molar-refractivity contribution in [2.75, 3.05) is 33.2 Å². The van der Waals surface area contributed by atoms with Crippen molar-refractivity contribution >= 4 is 17.3 Å². The minimum Gasteiger partial charge on any atom is -0.345 e. The summed E-state index contributed by atoms with van der Waals surface area (Å²) in [5.74, 6) is -0.262. The number of nitrogens with zero attached hydrogens (tertiary/aromatic N) is 5. The van der Waals surface area contributed by atoms with Gasteiger partial charge in [0.25, 0.3) is 11.8 Å². The lowest BCUT2D eigenvalue weighted by Crippen LogP contribution is -2.47. The van der Waals surface area contributed by atoms with Gasteiger partial charge in [-0.25, -0.2) is 4.98 Å². The maximum atomic E-state index is 13.0. The Morgan fingerprint density at radius 3 is 2.68 bits per heavy atom. The molecule has 28 heavy (non-hydrogen) atoms. The number of hydrogen-bond acceptors (Lipinski definition) is 5. The highest BCUT2D eigenvalue weighted by atomic mass is 16.2. The Morgan fingerprint density at radius 1 is 1.11 bits per heavy atom. The van der Waals surface area contributed by atoms with Gasteiger partial charge in [0, 0.05) is 51.3 Å². The summed E-state index contributed by atoms with van der Waals surface area (Å²) in [7, 11) is 2.04. The van der Waals surface area contributed by atoms with Crippen LogP contribution in [-0.2, 0) is 6.54 Å². The molecule has 0 saturated carbocycles. The molecule has 8 nitrogen and oxygen atoms in total. The molecule has 3 aromatic heterocycles. The van der Waals surface area contributed by atoms with Crippen LogP contribution in [0.25, 0.3) is 5.52 Å². The second-order valence-corrected chi connectivity index (χ2v) is 6.88. The minimum atomic E-state index is -0.331. The number of rotatable bonds is 4. The van der Waals surface area contributed by atoms with Gasteiger partial charge >= 0.3 is 0 Å². The third kappa shape index (κ3) is 3.59. The van der Waals surface area contributed by atoms with E-state index in [1.165, 1.54) is 0 Å². The number of piperazine rings is 1. The van der Waals surface area contributed by atoms with Gasteiger partial charge in [0.15, 0.2) is 5.69 Å². The molecule has 0 bridgehead atoms. The molecule has 0 radical (unpaired) electrons. The molecule has 144 valence electrons. The van der Waals surface area contributed by atoms with Crippen LogP contribution < -0.4 is 5.32 Å². The lowest BCUT2D eigenvalue weighted by atomic mass is 10.2. The van der Waals surface area contributed by atoms with E-state index in [0.717, 1.165) is 18.7 Å². The summed E-state index contributed by atoms with van der Waals surface area (Å²) in [5, 5.41) is 2.85. The highest BCUT2D eigenvalue weighted by Gasteiger charge is 2.26. The normalized spacial score (nSPS) is 15.0. The molecule has 1 fully saturated rings. The smallest absolute Gasteiger partial charge is 0.287 e. The molecule has 0 unspecified atom stereocenters. The van der Waals surface area contributed by atoms with Crippen LogP contribution in [0.15, 0.2) is 48.9 Å². The molecule has 4 rings (SSSR count). The fourth-order valence-electron chi connectivity index (χ4n) is 3.28. The van der Waals surface area contributed by atoms with Gasteiger partial charge in [-0.3, -0.25) is 19.0 Å². The molecule has 0 atom stereocenters. The molecule has 1 N–H and O–H groups in total. The van der Waals surface area contributed by atoms with E-state index < -0.39 is 0 Å². The number of carbonyl (C=O) groups excluding carboxylic acids is 2. The Balaban J connectivity index is 1.59. The van der Waals surface area contributed by atoms with Crippen molar-refractivity contribution in [2.45, 2.75) is 6.54 Å². The fourth-order valence-corrected chi connectivity index (χ4v) is 3.28. The van der Waals surface area contributed by atoms with Crippen LogP contribution in [-0.4, -0.2) is 69.2 Å². The quantitative estimate of drug-likeness (QED) is 0.734. The highest BCUT2D eigenvalue weighted by molar-refractivity contribution is 6.02. The number of carbonyl (C=O) groups is 2. The summed E-state index contributed by atoms with van der Waals surface area (Å²) in [6.45, 7) is 3.32. The van der Waals surface area contributed by atoms with Crippen molar-refractivity contribution < 1.29 is 9.59 Å². The van der Waals surface area contributed by atoms with E-state index in [1.807, 2.05) is 37.4 Å². The first-order valence-electron chi connectivity index (χ1n) is 9.25. The van der Waals surface area contributed by atoms with Gasteiger partial charge in [0.05, 0.1) is 5.52 Å². The average molecular weight is 378 g/mol. The molecule has 0 aromatic carbocycles. The monoisotopic (exact) mass is 378 g/mol. The first-order chi connectivity index (χ1) is 13.6. The molecule has 0 aliphatic carbocycles. The van der Waals surface area contributed by atoms with Crippen molar-refractivity contribution in [1.29, 1.82) is 0 Å². The Kier molecular flexibility index (Phi) is 5.03. The van der Waals surface area contributed by atoms with Crippen LogP contribution in [0.5, 0.6) is 0 Å². The molecule has 0 spiro atoms. The summed E-state index contributed by atoms with van der Waals surface area (Å²) >= 11 is 0. The summed E-state index contributed by atoms with van der Waals surface area (Å²) < 4.78 is 1.67. The first-order valence-corrected chi connectivity index (χ1v) is 9.25. The number of amides is 2. The standard InChI is InChI=1S/C20H22N6O2/c1-24-9-11-25(12-10-24)20(28)17-16-6-2-3-8-26(16)18(23-17)19(27)22-14-15-5-4-7-21-13-15/h2-8,13H,9-12,14H2,1H3,(H,22,27). The molecule has 1 saturated heterocycles. The third-order valence-corrected chi connectivity index (χ3v) is 4.92. The Morgan fingerprint density at radius 2 is 1.93 bits per heavy atom. The summed E-state index contributed by atoms with van der Waals surface area (Å²) in [6.07, 6.45) is 5.14. The van der Waals surface area contributed by atoms with E-state index >= 15 is 0 Å². The van der Waals surface area contributed by atoms with Gasteiger partial charge in [-0.2, -0.15) is 0 Å². The maximum Gasteiger partial charge on any atom is 0.287 e. The topological polar surface area (TPSA) is 82.8 Å². The number of pyridine rings is 2. The zero-order chi connectivity index (χ0) is 19.5. The molecular formula is C20H22N6O2. The van der Waals surface area contributed by atoms with Gasteiger partial charge < -0.3 is 15.1 Å². The van der Waals surface area contributed by atoms with Gasteiger partial charge in [-0.15, -0.1) is 0 Å². The first kappa shape index (κ1) is 18.1. The summed E-state index contributed by atoms with van der Waals surface area (Å²) in [4.78, 5) is 38.2. The maximum absolute atomic E-state index is 13.0. The Bertz CT molecular complexity index is 992. The Hall–Kier alpha value is -3.26. The summed E-state index contributed by atoms with van der Waals surface area (Å²) in [5.41, 5.74) is 1.85. The largest absolute Gasteiger partial charge is 0.345 e. The van der Waals surface area contributed by atoms with E-state index in [4.69, 9.17) is 0 Å². The predicted molar refractivity (Wildman–Crippen MR) is 104 cm³/mol. The van der Waals surface area contributed by atoms with Crippen LogP contribution in [0, 0.1) is 0 Å². The number of aromatic nitrogens is 3. The van der Waals surface area contributed by atoms with Crippen LogP contribution in [0.1, 0.15) is 26.7 Å². The molecule has 2 amide bonds. The number of imidazole rings is 1. The van der Waals surface area contributed by atoms with E-state index in [1.54, 1.807) is 27.9 Å². The zero-order valence-electron chi connectivity index (χ0n) is 15.7. The molecule has 8 heteroatoms. The van der Waals surface area contributed by atoms with Crippen molar-refractivity contribution in [1.82, 2.24) is 29.5 Å². The van der Waals surface area contributed by atoms with Crippen molar-refractivity contribution in [3.8, 4) is 0 Å². The lowest BCUT2D eigenvalue weighted by Gasteiger charge is -2.32. The minimum absolute atomic E-state index is 0.136. The van der Waals surface area contributed by atoms with Crippen molar-refractivity contribution in [2.24, 2.45) is 0 Å². The number of fused-ring (bicyclic) bond motifs is 1. The number of nitrogens with one attached hydrogen (secondary N) is 1. The van der Waals surface area contributed by atoms with Gasteiger partial charge in [-0.1, -0.05) is 12.1 Å². The number of likely N-dealkylation sites (N-methyl/N-ethyl adjacent to an activating group) is 1. The van der Waals surface area contributed by atoms with E-state index in [2.05, 4.69) is 20.2 Å². The third-order valence-electron chi connectivity index (χ3n) is 4.92. The van der Waals surface area contributed by atoms with Crippen LogP contribution >= 0.6 is 0 Å². The van der Waals surface area contributed by atoms with E-state index in [0.29, 0.717) is 30.8 Å². The molecular weight excluding hydrogens is 356 g/mol. The lowest BCUT2D eigenvalue weighted by molar-refractivity contribution is 0.0661. The molecule has 4 heterocycles. The SMILES string of the molecule is CN1CCN(C(=O)c2nc(C(=O)NCc3cccnc3)n3ccccc23)CC1. The van der Waals surface area contributed by atoms with Gasteiger partial charge in [0.2, 0.25) is 5.82 Å². The second kappa shape index (κ2) is 7.77. The van der Waals surface area contributed by atoms with Crippen LogP contribution in [0.2, 0.25) is 0 Å². The molecule has 3 aromatic rings.